The first-order chi connectivity index (χ1) is 23.0. The highest BCUT2D eigenvalue weighted by atomic mass is 16.4. The van der Waals surface area contributed by atoms with Crippen molar-refractivity contribution in [1.29, 1.82) is 0 Å². The van der Waals surface area contributed by atoms with Gasteiger partial charge in [-0.2, -0.15) is 0 Å². The van der Waals surface area contributed by atoms with Crippen molar-refractivity contribution in [2.45, 2.75) is 233 Å². The lowest BCUT2D eigenvalue weighted by atomic mass is 10.0. The lowest BCUT2D eigenvalue weighted by molar-refractivity contribution is -0.137. The molecule has 0 aliphatic carbocycles. The highest BCUT2D eigenvalue weighted by Gasteiger charge is 2.03. The topological polar surface area (TPSA) is 69.6 Å². The van der Waals surface area contributed by atoms with Gasteiger partial charge < -0.3 is 15.3 Å². The lowest BCUT2D eigenvalue weighted by Crippen LogP contribution is -2.34. The van der Waals surface area contributed by atoms with Gasteiger partial charge in [-0.3, -0.25) is 9.59 Å². The Labute approximate surface area is 295 Å². The molecule has 0 bridgehead atoms. The molecule has 1 amide bonds. The molecular weight excluding hydrogens is 580 g/mol. The summed E-state index contributed by atoms with van der Waals surface area (Å²) in [6.45, 7) is 12.8. The fourth-order valence-corrected chi connectivity index (χ4v) is 6.29. The molecule has 0 saturated heterocycles. The summed E-state index contributed by atoms with van der Waals surface area (Å²) in [7, 11) is 0. The molecule has 47 heavy (non-hydrogen) atoms. The number of nitrogens with one attached hydrogen (secondary N) is 1. The van der Waals surface area contributed by atoms with E-state index in [0.717, 1.165) is 45.4 Å². The van der Waals surface area contributed by atoms with Gasteiger partial charge in [0.05, 0.1) is 0 Å². The van der Waals surface area contributed by atoms with E-state index in [9.17, 15) is 9.59 Å². The number of unbranched alkanes of at least 4 members (excludes halogenated alkanes) is 28. The zero-order valence-electron chi connectivity index (χ0n) is 32.7. The van der Waals surface area contributed by atoms with Crippen molar-refractivity contribution in [3.63, 3.8) is 0 Å². The Morgan fingerprint density at radius 3 is 0.979 bits per heavy atom. The van der Waals surface area contributed by atoms with Crippen LogP contribution in [0.25, 0.3) is 0 Å². The van der Waals surface area contributed by atoms with Crippen LogP contribution in [-0.2, 0) is 9.59 Å². The third kappa shape index (κ3) is 44.9. The molecule has 0 aromatic rings. The van der Waals surface area contributed by atoms with E-state index in [2.05, 4.69) is 37.9 Å². The number of carboxylic acids is 1. The van der Waals surface area contributed by atoms with Crippen molar-refractivity contribution >= 4 is 11.9 Å². The minimum Gasteiger partial charge on any atom is -0.481 e. The van der Waals surface area contributed by atoms with Crippen LogP contribution < -0.4 is 5.32 Å². The van der Waals surface area contributed by atoms with Crippen LogP contribution in [0.15, 0.2) is 0 Å². The van der Waals surface area contributed by atoms with Crippen LogP contribution in [0.2, 0.25) is 0 Å². The van der Waals surface area contributed by atoms with Crippen LogP contribution in [-0.4, -0.2) is 48.1 Å². The number of carbonyl (C=O) groups is 2. The van der Waals surface area contributed by atoms with Crippen molar-refractivity contribution in [3.8, 4) is 0 Å². The number of hydrogen-bond acceptors (Lipinski definition) is 3. The molecule has 0 aliphatic rings. The predicted octanol–water partition coefficient (Wildman–Crippen LogP) is 13.0. The highest BCUT2D eigenvalue weighted by Crippen LogP contribution is 2.15. The molecular formula is C42H86N2O3. The Balaban J connectivity index is 0. The standard InChI is InChI=1S/C24H50N2O.C18H36O2/c1-4-7-8-9-10-11-12-13-14-15-16-17-18-19-20-21-24(27)25-22-23-26(5-2)6-3;1-2-3-4-5-6-7-8-9-10-11-12-13-14-15-16-17-18(19)20/h4-23H2,1-3H3,(H,25,27);2-17H2,1H3,(H,19,20). The third-order valence-electron chi connectivity index (χ3n) is 9.65. The first-order valence-corrected chi connectivity index (χ1v) is 21.2. The van der Waals surface area contributed by atoms with Crippen LogP contribution in [0.4, 0.5) is 0 Å². The van der Waals surface area contributed by atoms with Gasteiger partial charge in [-0.1, -0.05) is 207 Å². The number of likely N-dealkylation sites (N-methyl/N-ethyl adjacent to an activating group) is 1. The molecule has 0 heterocycles. The molecule has 0 saturated carbocycles. The second kappa shape index (κ2) is 42.9. The summed E-state index contributed by atoms with van der Waals surface area (Å²) in [6, 6.07) is 0. The average Bonchev–Trinajstić information content (AvgIpc) is 3.07. The van der Waals surface area contributed by atoms with E-state index in [1.54, 1.807) is 0 Å². The summed E-state index contributed by atoms with van der Waals surface area (Å²) < 4.78 is 0. The summed E-state index contributed by atoms with van der Waals surface area (Å²) in [5.41, 5.74) is 0. The van der Waals surface area contributed by atoms with Crippen LogP contribution in [0.5, 0.6) is 0 Å². The number of aliphatic carboxylic acids is 1. The highest BCUT2D eigenvalue weighted by molar-refractivity contribution is 5.75. The first kappa shape index (κ1) is 48.0. The maximum absolute atomic E-state index is 11.8. The molecule has 0 radical (unpaired) electrons. The zero-order valence-corrected chi connectivity index (χ0v) is 32.7. The lowest BCUT2D eigenvalue weighted by Gasteiger charge is -2.17. The van der Waals surface area contributed by atoms with E-state index in [1.807, 2.05) is 0 Å². The van der Waals surface area contributed by atoms with E-state index in [-0.39, 0.29) is 5.91 Å². The molecule has 0 rings (SSSR count). The fourth-order valence-electron chi connectivity index (χ4n) is 6.29. The number of nitrogens with zero attached hydrogens (tertiary/aromatic N) is 1. The van der Waals surface area contributed by atoms with Gasteiger partial charge in [-0.15, -0.1) is 0 Å². The number of carboxylic acid groups (broad SMARTS) is 1. The van der Waals surface area contributed by atoms with Gasteiger partial charge in [0.25, 0.3) is 0 Å². The Hall–Kier alpha value is -1.10. The Kier molecular flexibility index (Phi) is 43.8. The predicted molar refractivity (Wildman–Crippen MR) is 208 cm³/mol. The summed E-state index contributed by atoms with van der Waals surface area (Å²) in [5.74, 6) is -0.420. The van der Waals surface area contributed by atoms with E-state index in [0.29, 0.717) is 12.8 Å². The van der Waals surface area contributed by atoms with Crippen LogP contribution >= 0.6 is 0 Å². The molecule has 2 N–H and O–H groups in total. The first-order valence-electron chi connectivity index (χ1n) is 21.2. The van der Waals surface area contributed by atoms with Crippen molar-refractivity contribution in [1.82, 2.24) is 10.2 Å². The number of rotatable bonds is 37. The maximum atomic E-state index is 11.8. The monoisotopic (exact) mass is 667 g/mol. The van der Waals surface area contributed by atoms with Crippen molar-refractivity contribution < 1.29 is 14.7 Å². The SMILES string of the molecule is CCCCCCCCCCCCCCCCCC(=O)NCCN(CC)CC.CCCCCCCCCCCCCCCCCC(=O)O. The van der Waals surface area contributed by atoms with Crippen molar-refractivity contribution in [3.05, 3.63) is 0 Å². The summed E-state index contributed by atoms with van der Waals surface area (Å²) in [5, 5.41) is 11.6. The van der Waals surface area contributed by atoms with Crippen molar-refractivity contribution in [2.24, 2.45) is 0 Å². The number of amides is 1. The van der Waals surface area contributed by atoms with Crippen LogP contribution in [0, 0.1) is 0 Å². The number of hydrogen-bond donors (Lipinski definition) is 2. The molecule has 0 aromatic carbocycles. The number of carbonyl (C=O) groups excluding carboxylic acids is 1. The van der Waals surface area contributed by atoms with Gasteiger partial charge in [-0.05, 0) is 25.9 Å². The van der Waals surface area contributed by atoms with E-state index in [4.69, 9.17) is 5.11 Å². The Morgan fingerprint density at radius 2 is 0.702 bits per heavy atom. The molecule has 0 unspecified atom stereocenters. The largest absolute Gasteiger partial charge is 0.481 e. The second-order valence-electron chi connectivity index (χ2n) is 14.2. The summed E-state index contributed by atoms with van der Waals surface area (Å²) in [4.78, 5) is 24.5. The smallest absolute Gasteiger partial charge is 0.303 e. The fraction of sp³-hybridized carbons (Fsp3) is 0.952. The van der Waals surface area contributed by atoms with Gasteiger partial charge >= 0.3 is 5.97 Å². The molecule has 282 valence electrons. The Morgan fingerprint density at radius 1 is 0.426 bits per heavy atom. The van der Waals surface area contributed by atoms with Gasteiger partial charge in [0.1, 0.15) is 0 Å². The molecule has 0 spiro atoms. The minimum absolute atomic E-state index is 0.233. The van der Waals surface area contributed by atoms with Crippen molar-refractivity contribution in [2.75, 3.05) is 26.2 Å². The van der Waals surface area contributed by atoms with Crippen LogP contribution in [0.3, 0.4) is 0 Å². The van der Waals surface area contributed by atoms with Crippen LogP contribution in [0.1, 0.15) is 233 Å². The Bertz CT molecular complexity index is 609. The maximum Gasteiger partial charge on any atom is 0.303 e. The molecule has 5 nitrogen and oxygen atoms in total. The van der Waals surface area contributed by atoms with Gasteiger partial charge in [-0.25, -0.2) is 0 Å². The zero-order chi connectivity index (χ0) is 34.9. The molecule has 0 atom stereocenters. The molecule has 5 heteroatoms. The molecule has 0 aromatic heterocycles. The minimum atomic E-state index is -0.653. The summed E-state index contributed by atoms with van der Waals surface area (Å²) >= 11 is 0. The molecule has 0 fully saturated rings. The van der Waals surface area contributed by atoms with E-state index in [1.165, 1.54) is 173 Å². The molecule has 0 aliphatic heterocycles. The third-order valence-corrected chi connectivity index (χ3v) is 9.65. The van der Waals surface area contributed by atoms with Gasteiger partial charge in [0.2, 0.25) is 5.91 Å². The average molecular weight is 667 g/mol. The van der Waals surface area contributed by atoms with E-state index >= 15 is 0 Å². The van der Waals surface area contributed by atoms with Gasteiger partial charge in [0, 0.05) is 25.9 Å². The van der Waals surface area contributed by atoms with E-state index < -0.39 is 5.97 Å². The normalized spacial score (nSPS) is 11.1. The second-order valence-corrected chi connectivity index (χ2v) is 14.2. The van der Waals surface area contributed by atoms with Gasteiger partial charge in [0.15, 0.2) is 0 Å². The quantitative estimate of drug-likeness (QED) is 0.0647. The summed E-state index contributed by atoms with van der Waals surface area (Å²) in [6.07, 6.45) is 41.4.